The van der Waals surface area contributed by atoms with Gasteiger partial charge in [-0.05, 0) is 49.2 Å². The van der Waals surface area contributed by atoms with Crippen LogP contribution in [0.4, 0.5) is 11.5 Å². The standard InChI is InChI=1S/C18H19N5O2/c1-11-7-12(2)9-14(8-11)23-17(19)16(21-22-23)18(24)20-13-5-4-6-15(10-13)25-3/h4-10H,19H2,1-3H3,(H,20,24). The van der Waals surface area contributed by atoms with Gasteiger partial charge in [0.1, 0.15) is 5.75 Å². The van der Waals surface area contributed by atoms with Gasteiger partial charge in [-0.3, -0.25) is 4.79 Å². The van der Waals surface area contributed by atoms with Gasteiger partial charge < -0.3 is 15.8 Å². The van der Waals surface area contributed by atoms with Crippen LogP contribution in [0.2, 0.25) is 0 Å². The Labute approximate surface area is 145 Å². The van der Waals surface area contributed by atoms with Crippen LogP contribution in [0.1, 0.15) is 21.6 Å². The van der Waals surface area contributed by atoms with Crippen LogP contribution in [0, 0.1) is 13.8 Å². The number of nitrogens with one attached hydrogen (secondary N) is 1. The Balaban J connectivity index is 1.88. The van der Waals surface area contributed by atoms with Crippen molar-refractivity contribution in [2.45, 2.75) is 13.8 Å². The van der Waals surface area contributed by atoms with Crippen LogP contribution in [-0.2, 0) is 0 Å². The van der Waals surface area contributed by atoms with Crippen LogP contribution in [0.5, 0.6) is 5.75 Å². The quantitative estimate of drug-likeness (QED) is 0.763. The molecule has 0 saturated heterocycles. The molecule has 3 N–H and O–H groups in total. The van der Waals surface area contributed by atoms with Gasteiger partial charge >= 0.3 is 0 Å². The van der Waals surface area contributed by atoms with E-state index < -0.39 is 5.91 Å². The zero-order valence-corrected chi connectivity index (χ0v) is 14.3. The van der Waals surface area contributed by atoms with Crippen molar-refractivity contribution in [3.8, 4) is 11.4 Å². The van der Waals surface area contributed by atoms with Crippen molar-refractivity contribution < 1.29 is 9.53 Å². The zero-order chi connectivity index (χ0) is 18.0. The van der Waals surface area contributed by atoms with E-state index in [9.17, 15) is 4.79 Å². The molecule has 0 atom stereocenters. The third kappa shape index (κ3) is 3.45. The summed E-state index contributed by atoms with van der Waals surface area (Å²) in [4.78, 5) is 12.5. The van der Waals surface area contributed by atoms with E-state index in [0.29, 0.717) is 11.4 Å². The first kappa shape index (κ1) is 16.5. The van der Waals surface area contributed by atoms with E-state index in [1.54, 1.807) is 31.4 Å². The highest BCUT2D eigenvalue weighted by molar-refractivity contribution is 6.05. The van der Waals surface area contributed by atoms with Crippen LogP contribution in [0.25, 0.3) is 5.69 Å². The van der Waals surface area contributed by atoms with Crippen LogP contribution in [0.3, 0.4) is 0 Å². The molecule has 7 nitrogen and oxygen atoms in total. The van der Waals surface area contributed by atoms with E-state index in [1.807, 2.05) is 32.0 Å². The lowest BCUT2D eigenvalue weighted by Gasteiger charge is -2.07. The lowest BCUT2D eigenvalue weighted by molar-refractivity contribution is 0.102. The number of nitrogen functional groups attached to an aromatic ring is 1. The lowest BCUT2D eigenvalue weighted by atomic mass is 10.1. The average molecular weight is 337 g/mol. The molecule has 25 heavy (non-hydrogen) atoms. The summed E-state index contributed by atoms with van der Waals surface area (Å²) in [7, 11) is 1.56. The second kappa shape index (κ2) is 6.64. The predicted molar refractivity (Wildman–Crippen MR) is 96.2 cm³/mol. The molecule has 2 aromatic carbocycles. The molecule has 1 heterocycles. The van der Waals surface area contributed by atoms with E-state index in [4.69, 9.17) is 10.5 Å². The first-order chi connectivity index (χ1) is 12.0. The average Bonchev–Trinajstić information content (AvgIpc) is 2.96. The van der Waals surface area contributed by atoms with Gasteiger partial charge in [0.25, 0.3) is 5.91 Å². The number of aryl methyl sites for hydroxylation is 2. The van der Waals surface area contributed by atoms with Gasteiger partial charge in [-0.15, -0.1) is 5.10 Å². The Morgan fingerprint density at radius 3 is 2.56 bits per heavy atom. The smallest absolute Gasteiger partial charge is 0.280 e. The fourth-order valence-electron chi connectivity index (χ4n) is 2.61. The van der Waals surface area contributed by atoms with Crippen LogP contribution in [-0.4, -0.2) is 28.0 Å². The molecule has 7 heteroatoms. The Morgan fingerprint density at radius 2 is 1.88 bits per heavy atom. The summed E-state index contributed by atoms with van der Waals surface area (Å²) in [6, 6.07) is 13.0. The molecule has 3 aromatic rings. The van der Waals surface area contributed by atoms with Crippen molar-refractivity contribution in [3.05, 3.63) is 59.3 Å². The van der Waals surface area contributed by atoms with E-state index >= 15 is 0 Å². The van der Waals surface area contributed by atoms with E-state index in [-0.39, 0.29) is 11.5 Å². The molecule has 0 saturated carbocycles. The third-order valence-electron chi connectivity index (χ3n) is 3.70. The number of carbonyl (C=O) groups excluding carboxylic acids is 1. The van der Waals surface area contributed by atoms with Gasteiger partial charge in [-0.25, -0.2) is 0 Å². The molecule has 0 aliphatic carbocycles. The maximum atomic E-state index is 12.5. The number of hydrogen-bond acceptors (Lipinski definition) is 5. The molecule has 1 amide bonds. The zero-order valence-electron chi connectivity index (χ0n) is 14.3. The van der Waals surface area contributed by atoms with Gasteiger partial charge in [0.15, 0.2) is 11.5 Å². The van der Waals surface area contributed by atoms with Crippen LogP contribution < -0.4 is 15.8 Å². The summed E-state index contributed by atoms with van der Waals surface area (Å²) in [5, 5.41) is 10.7. The second-order valence-corrected chi connectivity index (χ2v) is 5.77. The number of methoxy groups -OCH3 is 1. The van der Waals surface area contributed by atoms with Crippen LogP contribution in [0.15, 0.2) is 42.5 Å². The minimum absolute atomic E-state index is 0.0713. The Kier molecular flexibility index (Phi) is 4.38. The SMILES string of the molecule is COc1cccc(NC(=O)c2nnn(-c3cc(C)cc(C)c3)c2N)c1. The number of nitrogens with zero attached hydrogens (tertiary/aromatic N) is 3. The highest BCUT2D eigenvalue weighted by Gasteiger charge is 2.19. The Morgan fingerprint density at radius 1 is 1.16 bits per heavy atom. The first-order valence-corrected chi connectivity index (χ1v) is 7.73. The predicted octanol–water partition coefficient (Wildman–Crippen LogP) is 2.73. The number of aromatic nitrogens is 3. The minimum atomic E-state index is -0.429. The molecular weight excluding hydrogens is 318 g/mol. The number of ether oxygens (including phenoxy) is 1. The highest BCUT2D eigenvalue weighted by Crippen LogP contribution is 2.20. The fraction of sp³-hybridized carbons (Fsp3) is 0.167. The van der Waals surface area contributed by atoms with Crippen molar-refractivity contribution in [1.29, 1.82) is 0 Å². The van der Waals surface area contributed by atoms with E-state index in [2.05, 4.69) is 15.6 Å². The van der Waals surface area contributed by atoms with Crippen LogP contribution >= 0.6 is 0 Å². The molecule has 0 bridgehead atoms. The van der Waals surface area contributed by atoms with Gasteiger partial charge in [0, 0.05) is 11.8 Å². The first-order valence-electron chi connectivity index (χ1n) is 7.73. The molecule has 0 unspecified atom stereocenters. The molecule has 0 fully saturated rings. The fourth-order valence-corrected chi connectivity index (χ4v) is 2.61. The summed E-state index contributed by atoms with van der Waals surface area (Å²) in [6.07, 6.45) is 0. The molecule has 0 radical (unpaired) electrons. The Hall–Kier alpha value is -3.35. The number of nitrogens with two attached hydrogens (primary N) is 1. The number of hydrogen-bond donors (Lipinski definition) is 2. The molecule has 0 aliphatic heterocycles. The van der Waals surface area contributed by atoms with E-state index in [0.717, 1.165) is 16.8 Å². The largest absolute Gasteiger partial charge is 0.497 e. The summed E-state index contributed by atoms with van der Waals surface area (Å²) < 4.78 is 6.60. The number of benzene rings is 2. The molecule has 0 aliphatic rings. The molecule has 3 rings (SSSR count). The molecule has 1 aromatic heterocycles. The van der Waals surface area contributed by atoms with Gasteiger partial charge in [0.05, 0.1) is 12.8 Å². The Bertz CT molecular complexity index is 913. The number of rotatable bonds is 4. The van der Waals surface area contributed by atoms with Crippen molar-refractivity contribution in [1.82, 2.24) is 15.0 Å². The van der Waals surface area contributed by atoms with Crippen molar-refractivity contribution in [2.24, 2.45) is 0 Å². The monoisotopic (exact) mass is 337 g/mol. The maximum Gasteiger partial charge on any atom is 0.280 e. The molecular formula is C18H19N5O2. The van der Waals surface area contributed by atoms with Crippen molar-refractivity contribution in [2.75, 3.05) is 18.2 Å². The second-order valence-electron chi connectivity index (χ2n) is 5.77. The van der Waals surface area contributed by atoms with Crippen molar-refractivity contribution in [3.63, 3.8) is 0 Å². The van der Waals surface area contributed by atoms with Gasteiger partial charge in [-0.2, -0.15) is 4.68 Å². The summed E-state index contributed by atoms with van der Waals surface area (Å²) in [6.45, 7) is 3.97. The van der Waals surface area contributed by atoms with Crippen molar-refractivity contribution >= 4 is 17.4 Å². The number of carbonyl (C=O) groups is 1. The van der Waals surface area contributed by atoms with Gasteiger partial charge in [-0.1, -0.05) is 17.3 Å². The summed E-state index contributed by atoms with van der Waals surface area (Å²) >= 11 is 0. The lowest BCUT2D eigenvalue weighted by Crippen LogP contribution is -2.15. The maximum absolute atomic E-state index is 12.5. The number of anilines is 2. The summed E-state index contributed by atoms with van der Waals surface area (Å²) in [5.41, 5.74) is 9.68. The normalized spacial score (nSPS) is 10.5. The molecule has 128 valence electrons. The third-order valence-corrected chi connectivity index (χ3v) is 3.70. The number of amides is 1. The van der Waals surface area contributed by atoms with E-state index in [1.165, 1.54) is 4.68 Å². The summed E-state index contributed by atoms with van der Waals surface area (Å²) in [5.74, 6) is 0.399. The minimum Gasteiger partial charge on any atom is -0.497 e. The topological polar surface area (TPSA) is 95.1 Å². The highest BCUT2D eigenvalue weighted by atomic mass is 16.5. The van der Waals surface area contributed by atoms with Gasteiger partial charge in [0.2, 0.25) is 0 Å². The molecule has 0 spiro atoms.